The van der Waals surface area contributed by atoms with Crippen LogP contribution in [-0.2, 0) is 0 Å². The molecule has 1 atom stereocenters. The molecular formula is C12H16O. The lowest BCUT2D eigenvalue weighted by atomic mass is 9.89. The van der Waals surface area contributed by atoms with Crippen molar-refractivity contribution in [3.8, 4) is 5.75 Å². The van der Waals surface area contributed by atoms with Crippen molar-refractivity contribution in [1.82, 2.24) is 0 Å². The van der Waals surface area contributed by atoms with E-state index < -0.39 is 0 Å². The van der Waals surface area contributed by atoms with Gasteiger partial charge in [0, 0.05) is 11.5 Å². The summed E-state index contributed by atoms with van der Waals surface area (Å²) in [5.74, 6) is 1.56. The highest BCUT2D eigenvalue weighted by molar-refractivity contribution is 5.44. The third kappa shape index (κ3) is 1.23. The van der Waals surface area contributed by atoms with Crippen LogP contribution in [0.15, 0.2) is 18.2 Å². The summed E-state index contributed by atoms with van der Waals surface area (Å²) in [7, 11) is 0. The van der Waals surface area contributed by atoms with Crippen molar-refractivity contribution < 1.29 is 4.74 Å². The molecule has 1 heterocycles. The number of rotatable bonds is 0. The molecule has 0 radical (unpaired) electrons. The van der Waals surface area contributed by atoms with Gasteiger partial charge in [0.25, 0.3) is 0 Å². The first kappa shape index (κ1) is 8.61. The van der Waals surface area contributed by atoms with Gasteiger partial charge in [-0.05, 0) is 32.4 Å². The van der Waals surface area contributed by atoms with E-state index in [0.717, 1.165) is 5.75 Å². The van der Waals surface area contributed by atoms with Crippen LogP contribution < -0.4 is 4.74 Å². The summed E-state index contributed by atoms with van der Waals surface area (Å²) in [6, 6.07) is 6.46. The predicted molar refractivity (Wildman–Crippen MR) is 54.3 cm³/mol. The lowest BCUT2D eigenvalue weighted by Crippen LogP contribution is -2.28. The van der Waals surface area contributed by atoms with E-state index in [9.17, 15) is 0 Å². The molecule has 70 valence electrons. The predicted octanol–water partition coefficient (Wildman–Crippen LogP) is 3.27. The van der Waals surface area contributed by atoms with Gasteiger partial charge < -0.3 is 4.74 Å². The highest BCUT2D eigenvalue weighted by Gasteiger charge is 2.37. The highest BCUT2D eigenvalue weighted by Crippen LogP contribution is 2.44. The molecule has 0 spiro atoms. The molecule has 0 amide bonds. The van der Waals surface area contributed by atoms with Crippen molar-refractivity contribution in [1.29, 1.82) is 0 Å². The Morgan fingerprint density at radius 2 is 2.00 bits per heavy atom. The van der Waals surface area contributed by atoms with E-state index in [1.165, 1.54) is 11.1 Å². The Labute approximate surface area is 79.7 Å². The summed E-state index contributed by atoms with van der Waals surface area (Å²) in [6.45, 7) is 8.61. The van der Waals surface area contributed by atoms with E-state index in [2.05, 4.69) is 45.9 Å². The zero-order valence-electron chi connectivity index (χ0n) is 8.72. The van der Waals surface area contributed by atoms with Gasteiger partial charge >= 0.3 is 0 Å². The summed E-state index contributed by atoms with van der Waals surface area (Å²) >= 11 is 0. The summed E-state index contributed by atoms with van der Waals surface area (Å²) in [6.07, 6.45) is 0. The molecule has 0 bridgehead atoms. The molecule has 0 saturated heterocycles. The molecule has 0 aliphatic carbocycles. The molecule has 1 unspecified atom stereocenters. The number of benzene rings is 1. The van der Waals surface area contributed by atoms with Crippen molar-refractivity contribution >= 4 is 0 Å². The van der Waals surface area contributed by atoms with Crippen molar-refractivity contribution in [2.75, 3.05) is 0 Å². The minimum Gasteiger partial charge on any atom is -0.487 e. The molecule has 1 aliphatic heterocycles. The van der Waals surface area contributed by atoms with E-state index in [4.69, 9.17) is 4.74 Å². The normalized spacial score (nSPS) is 23.8. The first-order valence-corrected chi connectivity index (χ1v) is 4.80. The van der Waals surface area contributed by atoms with Gasteiger partial charge in [0.1, 0.15) is 11.4 Å². The van der Waals surface area contributed by atoms with Gasteiger partial charge in [0.15, 0.2) is 0 Å². The largest absolute Gasteiger partial charge is 0.487 e. The Morgan fingerprint density at radius 3 is 2.69 bits per heavy atom. The van der Waals surface area contributed by atoms with E-state index in [-0.39, 0.29) is 5.60 Å². The summed E-state index contributed by atoms with van der Waals surface area (Å²) < 4.78 is 5.89. The molecule has 0 saturated carbocycles. The van der Waals surface area contributed by atoms with Crippen molar-refractivity contribution in [2.45, 2.75) is 39.2 Å². The smallest absolute Gasteiger partial charge is 0.124 e. The molecule has 1 aromatic rings. The van der Waals surface area contributed by atoms with Crippen molar-refractivity contribution in [3.63, 3.8) is 0 Å². The molecule has 13 heavy (non-hydrogen) atoms. The molecular weight excluding hydrogens is 160 g/mol. The quantitative estimate of drug-likeness (QED) is 0.589. The van der Waals surface area contributed by atoms with Gasteiger partial charge in [0.2, 0.25) is 0 Å². The Morgan fingerprint density at radius 1 is 1.31 bits per heavy atom. The minimum absolute atomic E-state index is 0.0455. The van der Waals surface area contributed by atoms with Gasteiger partial charge in [-0.1, -0.05) is 19.1 Å². The number of hydrogen-bond donors (Lipinski definition) is 0. The molecule has 1 nitrogen and oxygen atoms in total. The number of fused-ring (bicyclic) bond motifs is 1. The van der Waals surface area contributed by atoms with E-state index in [1.54, 1.807) is 0 Å². The van der Waals surface area contributed by atoms with Crippen LogP contribution in [0.2, 0.25) is 0 Å². The first-order chi connectivity index (χ1) is 6.00. The third-order valence-corrected chi connectivity index (χ3v) is 3.05. The SMILES string of the molecule is Cc1ccc2c(c1)OC(C)(C)C2C. The maximum Gasteiger partial charge on any atom is 0.124 e. The van der Waals surface area contributed by atoms with Crippen LogP contribution in [0.3, 0.4) is 0 Å². The fourth-order valence-electron chi connectivity index (χ4n) is 1.83. The van der Waals surface area contributed by atoms with Gasteiger partial charge in [-0.3, -0.25) is 0 Å². The average Bonchev–Trinajstić information content (AvgIpc) is 2.22. The second kappa shape index (κ2) is 2.50. The highest BCUT2D eigenvalue weighted by atomic mass is 16.5. The lowest BCUT2D eigenvalue weighted by molar-refractivity contribution is 0.115. The van der Waals surface area contributed by atoms with Crippen LogP contribution in [0.1, 0.15) is 37.8 Å². The Hall–Kier alpha value is -0.980. The van der Waals surface area contributed by atoms with Crippen LogP contribution in [-0.4, -0.2) is 5.60 Å². The number of aryl methyl sites for hydroxylation is 1. The molecule has 0 fully saturated rings. The van der Waals surface area contributed by atoms with Crippen LogP contribution >= 0.6 is 0 Å². The van der Waals surface area contributed by atoms with Crippen LogP contribution in [0.5, 0.6) is 5.75 Å². The Bertz CT molecular complexity index is 339. The van der Waals surface area contributed by atoms with E-state index >= 15 is 0 Å². The van der Waals surface area contributed by atoms with E-state index in [1.807, 2.05) is 0 Å². The molecule has 2 rings (SSSR count). The second-order valence-electron chi connectivity index (χ2n) is 4.47. The third-order valence-electron chi connectivity index (χ3n) is 3.05. The summed E-state index contributed by atoms with van der Waals surface area (Å²) in [5, 5.41) is 0. The summed E-state index contributed by atoms with van der Waals surface area (Å²) in [4.78, 5) is 0. The minimum atomic E-state index is -0.0455. The first-order valence-electron chi connectivity index (χ1n) is 4.80. The molecule has 1 heteroatoms. The maximum atomic E-state index is 5.89. The van der Waals surface area contributed by atoms with Crippen molar-refractivity contribution in [2.24, 2.45) is 0 Å². The Balaban J connectivity index is 2.50. The standard InChI is InChI=1S/C12H16O/c1-8-5-6-10-9(2)12(3,4)13-11(10)7-8/h5-7,9H,1-4H3. The molecule has 1 aliphatic rings. The van der Waals surface area contributed by atoms with Crippen molar-refractivity contribution in [3.05, 3.63) is 29.3 Å². The zero-order valence-corrected chi connectivity index (χ0v) is 8.72. The monoisotopic (exact) mass is 176 g/mol. The molecule has 1 aromatic carbocycles. The maximum absolute atomic E-state index is 5.89. The topological polar surface area (TPSA) is 9.23 Å². The zero-order chi connectivity index (χ0) is 9.64. The van der Waals surface area contributed by atoms with Crippen LogP contribution in [0.25, 0.3) is 0 Å². The van der Waals surface area contributed by atoms with Gasteiger partial charge in [0.05, 0.1) is 0 Å². The van der Waals surface area contributed by atoms with Gasteiger partial charge in [-0.25, -0.2) is 0 Å². The molecule has 0 aromatic heterocycles. The fourth-order valence-corrected chi connectivity index (χ4v) is 1.83. The Kier molecular flexibility index (Phi) is 1.66. The summed E-state index contributed by atoms with van der Waals surface area (Å²) in [5.41, 5.74) is 2.56. The number of ether oxygens (including phenoxy) is 1. The van der Waals surface area contributed by atoms with Gasteiger partial charge in [-0.2, -0.15) is 0 Å². The average molecular weight is 176 g/mol. The lowest BCUT2D eigenvalue weighted by Gasteiger charge is -2.22. The second-order valence-corrected chi connectivity index (χ2v) is 4.47. The molecule has 0 N–H and O–H groups in total. The van der Waals surface area contributed by atoms with Crippen LogP contribution in [0, 0.1) is 6.92 Å². The van der Waals surface area contributed by atoms with Gasteiger partial charge in [-0.15, -0.1) is 0 Å². The van der Waals surface area contributed by atoms with E-state index in [0.29, 0.717) is 5.92 Å². The number of hydrogen-bond acceptors (Lipinski definition) is 1. The van der Waals surface area contributed by atoms with Crippen LogP contribution in [0.4, 0.5) is 0 Å². The fraction of sp³-hybridized carbons (Fsp3) is 0.500.